The maximum Gasteiger partial charge on any atom is 0.232 e. The number of carbonyl (C=O) groups excluding carboxylic acids is 1. The summed E-state index contributed by atoms with van der Waals surface area (Å²) >= 11 is 5.86. The van der Waals surface area contributed by atoms with Gasteiger partial charge in [-0.25, -0.2) is 4.98 Å². The summed E-state index contributed by atoms with van der Waals surface area (Å²) in [5.41, 5.74) is 1.40. The molecule has 124 valence electrons. The first-order valence-corrected chi connectivity index (χ1v) is 9.08. The van der Waals surface area contributed by atoms with E-state index in [2.05, 4.69) is 10.3 Å². The molecule has 0 aliphatic rings. The zero-order valence-electron chi connectivity index (χ0n) is 13.3. The van der Waals surface area contributed by atoms with E-state index in [1.807, 2.05) is 26.0 Å². The van der Waals surface area contributed by atoms with Crippen LogP contribution in [0.2, 0.25) is 5.02 Å². The van der Waals surface area contributed by atoms with Gasteiger partial charge in [0, 0.05) is 27.4 Å². The summed E-state index contributed by atoms with van der Waals surface area (Å²) in [6.07, 6.45) is 0. The normalized spacial score (nSPS) is 12.4. The van der Waals surface area contributed by atoms with Crippen LogP contribution in [0.5, 0.6) is 0 Å². The van der Waals surface area contributed by atoms with E-state index >= 15 is 0 Å². The number of benzene rings is 1. The molecule has 1 aromatic carbocycles. The molecule has 0 fully saturated rings. The van der Waals surface area contributed by atoms with Crippen LogP contribution in [0.3, 0.4) is 0 Å². The van der Waals surface area contributed by atoms with Gasteiger partial charge in [-0.3, -0.25) is 9.00 Å². The number of hydrogen-bond acceptors (Lipinski definition) is 4. The second-order valence-corrected chi connectivity index (χ2v) is 7.37. The molecule has 1 heterocycles. The van der Waals surface area contributed by atoms with Crippen molar-refractivity contribution in [1.82, 2.24) is 10.3 Å². The Morgan fingerprint density at radius 3 is 2.61 bits per heavy atom. The number of rotatable bonds is 6. The van der Waals surface area contributed by atoms with E-state index in [0.29, 0.717) is 22.4 Å². The molecule has 0 saturated heterocycles. The van der Waals surface area contributed by atoms with Gasteiger partial charge in [-0.1, -0.05) is 11.6 Å². The topological polar surface area (TPSA) is 72.2 Å². The molecule has 23 heavy (non-hydrogen) atoms. The van der Waals surface area contributed by atoms with Gasteiger partial charge in [-0.05, 0) is 45.0 Å². The molecule has 1 amide bonds. The van der Waals surface area contributed by atoms with E-state index in [1.54, 1.807) is 19.1 Å². The van der Waals surface area contributed by atoms with Crippen LogP contribution < -0.4 is 5.32 Å². The average Bonchev–Trinajstić information content (AvgIpc) is 2.79. The van der Waals surface area contributed by atoms with Crippen LogP contribution in [-0.2, 0) is 21.3 Å². The molecule has 1 N–H and O–H groups in total. The minimum absolute atomic E-state index is 0.0322. The third-order valence-corrected chi connectivity index (χ3v) is 4.45. The molecule has 2 aromatic rings. The molecule has 0 radical (unpaired) electrons. The van der Waals surface area contributed by atoms with Gasteiger partial charge < -0.3 is 9.73 Å². The molecular weight excluding hydrogens is 336 g/mol. The van der Waals surface area contributed by atoms with Crippen molar-refractivity contribution in [2.24, 2.45) is 0 Å². The molecule has 0 aliphatic carbocycles. The van der Waals surface area contributed by atoms with Gasteiger partial charge in [0.1, 0.15) is 11.5 Å². The Hall–Kier alpha value is -1.66. The summed E-state index contributed by atoms with van der Waals surface area (Å²) in [6, 6.07) is 7.16. The zero-order chi connectivity index (χ0) is 17.0. The molecule has 1 unspecified atom stereocenters. The first-order valence-electron chi connectivity index (χ1n) is 7.21. The second kappa shape index (κ2) is 7.75. The largest absolute Gasteiger partial charge is 0.441 e. The monoisotopic (exact) mass is 354 g/mol. The number of nitrogens with zero attached hydrogens (tertiary/aromatic N) is 1. The molecule has 0 bridgehead atoms. The lowest BCUT2D eigenvalue weighted by atomic mass is 10.2. The summed E-state index contributed by atoms with van der Waals surface area (Å²) in [5.74, 6) is 0.984. The Bertz CT molecular complexity index is 711. The highest BCUT2D eigenvalue weighted by Gasteiger charge is 2.16. The van der Waals surface area contributed by atoms with Gasteiger partial charge in [0.15, 0.2) is 0 Å². The molecule has 5 nitrogen and oxygen atoms in total. The quantitative estimate of drug-likeness (QED) is 0.865. The second-order valence-electron chi connectivity index (χ2n) is 5.48. The number of amides is 1. The summed E-state index contributed by atoms with van der Waals surface area (Å²) < 4.78 is 17.7. The van der Waals surface area contributed by atoms with Gasteiger partial charge in [-0.15, -0.1) is 0 Å². The molecule has 0 saturated carbocycles. The third kappa shape index (κ3) is 5.18. The number of halogens is 1. The van der Waals surface area contributed by atoms with Crippen molar-refractivity contribution in [1.29, 1.82) is 0 Å². The number of oxazole rings is 1. The fourth-order valence-corrected chi connectivity index (χ4v) is 3.17. The van der Waals surface area contributed by atoms with Gasteiger partial charge in [-0.2, -0.15) is 0 Å². The minimum atomic E-state index is -1.33. The van der Waals surface area contributed by atoms with E-state index in [1.165, 1.54) is 0 Å². The van der Waals surface area contributed by atoms with Crippen molar-refractivity contribution in [3.8, 4) is 11.5 Å². The maximum atomic E-state index is 12.1. The zero-order valence-corrected chi connectivity index (χ0v) is 14.8. The average molecular weight is 355 g/mol. The Morgan fingerprint density at radius 2 is 2.00 bits per heavy atom. The van der Waals surface area contributed by atoms with Crippen molar-refractivity contribution in [3.05, 3.63) is 40.7 Å². The lowest BCUT2D eigenvalue weighted by Gasteiger charge is -2.07. The van der Waals surface area contributed by atoms with Crippen LogP contribution >= 0.6 is 11.6 Å². The molecule has 0 spiro atoms. The SMILES string of the molecule is Cc1oc(-c2ccc(Cl)cc2)nc1CS(=O)CC(=O)NC(C)C. The fraction of sp³-hybridized carbons (Fsp3) is 0.375. The highest BCUT2D eigenvalue weighted by molar-refractivity contribution is 7.84. The Morgan fingerprint density at radius 1 is 1.35 bits per heavy atom. The van der Waals surface area contributed by atoms with E-state index in [-0.39, 0.29) is 23.5 Å². The molecule has 7 heteroatoms. The first kappa shape index (κ1) is 17.7. The van der Waals surface area contributed by atoms with Crippen molar-refractivity contribution in [3.63, 3.8) is 0 Å². The van der Waals surface area contributed by atoms with Crippen LogP contribution in [0.25, 0.3) is 11.5 Å². The number of hydrogen-bond donors (Lipinski definition) is 1. The predicted molar refractivity (Wildman–Crippen MR) is 91.7 cm³/mol. The van der Waals surface area contributed by atoms with Crippen molar-refractivity contribution < 1.29 is 13.4 Å². The number of nitrogens with one attached hydrogen (secondary N) is 1. The molecular formula is C16H19ClN2O3S. The van der Waals surface area contributed by atoms with Crippen molar-refractivity contribution >= 4 is 28.3 Å². The standard InChI is InChI=1S/C16H19ClN2O3S/c1-10(2)18-15(20)9-23(21)8-14-11(3)22-16(19-14)12-4-6-13(17)7-5-12/h4-7,10H,8-9H2,1-3H3,(H,18,20). The van der Waals surface area contributed by atoms with Crippen LogP contribution in [0.4, 0.5) is 0 Å². The van der Waals surface area contributed by atoms with Crippen LogP contribution in [0.15, 0.2) is 28.7 Å². The highest BCUT2D eigenvalue weighted by Crippen LogP contribution is 2.23. The lowest BCUT2D eigenvalue weighted by Crippen LogP contribution is -2.34. The highest BCUT2D eigenvalue weighted by atomic mass is 35.5. The van der Waals surface area contributed by atoms with Crippen LogP contribution in [-0.4, -0.2) is 26.9 Å². The molecule has 1 aromatic heterocycles. The molecule has 2 rings (SSSR count). The number of aryl methyl sites for hydroxylation is 1. The summed E-state index contributed by atoms with van der Waals surface area (Å²) in [7, 11) is -1.33. The lowest BCUT2D eigenvalue weighted by molar-refractivity contribution is -0.119. The fourth-order valence-electron chi connectivity index (χ4n) is 1.99. The molecule has 0 aliphatic heterocycles. The Labute approximate surface area is 142 Å². The van der Waals surface area contributed by atoms with Gasteiger partial charge in [0.25, 0.3) is 0 Å². The maximum absolute atomic E-state index is 12.1. The van der Waals surface area contributed by atoms with Gasteiger partial charge >= 0.3 is 0 Å². The number of carbonyl (C=O) groups is 1. The smallest absolute Gasteiger partial charge is 0.232 e. The first-order chi connectivity index (χ1) is 10.8. The minimum Gasteiger partial charge on any atom is -0.441 e. The summed E-state index contributed by atoms with van der Waals surface area (Å²) in [5, 5.41) is 3.36. The van der Waals surface area contributed by atoms with Crippen molar-refractivity contribution in [2.45, 2.75) is 32.6 Å². The predicted octanol–water partition coefficient (Wildman–Crippen LogP) is 3.08. The molecule has 1 atom stereocenters. The van der Waals surface area contributed by atoms with E-state index in [4.69, 9.17) is 16.0 Å². The van der Waals surface area contributed by atoms with Gasteiger partial charge in [0.2, 0.25) is 11.8 Å². The summed E-state index contributed by atoms with van der Waals surface area (Å²) in [6.45, 7) is 5.50. The van der Waals surface area contributed by atoms with E-state index in [0.717, 1.165) is 5.56 Å². The number of aromatic nitrogens is 1. The Kier molecular flexibility index (Phi) is 5.96. The third-order valence-electron chi connectivity index (χ3n) is 3.02. The van der Waals surface area contributed by atoms with E-state index < -0.39 is 10.8 Å². The van der Waals surface area contributed by atoms with Gasteiger partial charge in [0.05, 0.1) is 11.4 Å². The Balaban J connectivity index is 2.05. The van der Waals surface area contributed by atoms with E-state index in [9.17, 15) is 9.00 Å². The van der Waals surface area contributed by atoms with Crippen LogP contribution in [0, 0.1) is 6.92 Å². The van der Waals surface area contributed by atoms with Crippen molar-refractivity contribution in [2.75, 3.05) is 5.75 Å². The van der Waals surface area contributed by atoms with Crippen LogP contribution in [0.1, 0.15) is 25.3 Å². The summed E-state index contributed by atoms with van der Waals surface area (Å²) in [4.78, 5) is 16.0.